The van der Waals surface area contributed by atoms with E-state index in [0.29, 0.717) is 11.3 Å². The lowest BCUT2D eigenvalue weighted by molar-refractivity contribution is -0.154. The number of hydrogen-bond donors (Lipinski definition) is 1. The Morgan fingerprint density at radius 1 is 1.03 bits per heavy atom. The van der Waals surface area contributed by atoms with Crippen LogP contribution in [0.25, 0.3) is 11.0 Å². The molecule has 3 aromatic carbocycles. The van der Waals surface area contributed by atoms with Crippen molar-refractivity contribution in [2.24, 2.45) is 0 Å². The van der Waals surface area contributed by atoms with Gasteiger partial charge in [-0.25, -0.2) is 0 Å². The Morgan fingerprint density at radius 3 is 2.47 bits per heavy atom. The van der Waals surface area contributed by atoms with Crippen LogP contribution in [0.2, 0.25) is 0 Å². The average molecular weight is 526 g/mol. The first-order valence-corrected chi connectivity index (χ1v) is 11.9. The van der Waals surface area contributed by atoms with Gasteiger partial charge in [-0.1, -0.05) is 44.2 Å². The first-order chi connectivity index (χ1) is 17.9. The molecule has 0 unspecified atom stereocenters. The van der Waals surface area contributed by atoms with Gasteiger partial charge in [0.25, 0.3) is 11.7 Å². The molecule has 1 N–H and O–H groups in total. The maximum absolute atomic E-state index is 13.9. The number of fused-ring (bicyclic) bond motifs is 1. The molecule has 0 aliphatic rings. The predicted molar refractivity (Wildman–Crippen MR) is 138 cm³/mol. The molecule has 38 heavy (non-hydrogen) atoms. The van der Waals surface area contributed by atoms with Crippen molar-refractivity contribution in [3.63, 3.8) is 0 Å². The van der Waals surface area contributed by atoms with E-state index >= 15 is 0 Å². The lowest BCUT2D eigenvalue weighted by atomic mass is 10.0. The van der Waals surface area contributed by atoms with E-state index < -0.39 is 35.6 Å². The number of para-hydroxylation sites is 1. The quantitative estimate of drug-likeness (QED) is 0.273. The molecule has 0 bridgehead atoms. The third-order valence-corrected chi connectivity index (χ3v) is 5.87. The van der Waals surface area contributed by atoms with E-state index in [-0.39, 0.29) is 28.4 Å². The Kier molecular flexibility index (Phi) is 7.48. The zero-order valence-electron chi connectivity index (χ0n) is 21.2. The first-order valence-electron chi connectivity index (χ1n) is 11.9. The minimum atomic E-state index is -5.00. The van der Waals surface area contributed by atoms with Gasteiger partial charge in [-0.3, -0.25) is 9.59 Å². The highest BCUT2D eigenvalue weighted by molar-refractivity contribution is 5.92. The summed E-state index contributed by atoms with van der Waals surface area (Å²) < 4.78 is 58.0. The van der Waals surface area contributed by atoms with Crippen LogP contribution < -0.4 is 20.2 Å². The lowest BCUT2D eigenvalue weighted by Crippen LogP contribution is -2.20. The highest BCUT2D eigenvalue weighted by atomic mass is 19.4. The molecule has 1 heterocycles. The van der Waals surface area contributed by atoms with E-state index in [1.165, 1.54) is 18.2 Å². The molecule has 0 radical (unpaired) electrons. The van der Waals surface area contributed by atoms with Gasteiger partial charge in [0.1, 0.15) is 17.1 Å². The molecular weight excluding hydrogens is 499 g/mol. The van der Waals surface area contributed by atoms with Crippen LogP contribution in [0.4, 0.5) is 18.9 Å². The molecule has 0 spiro atoms. The summed E-state index contributed by atoms with van der Waals surface area (Å²) in [6.07, 6.45) is -5.00. The SMILES string of the molecule is Cc1ccc(C)c(NC(=O)COc2ccc3c(=O)c(Oc4ccccc4C(C)C)c(C(F)(F)F)oc3c2)c1. The normalized spacial score (nSPS) is 11.6. The van der Waals surface area contributed by atoms with E-state index in [4.69, 9.17) is 13.9 Å². The smallest absolute Gasteiger partial charge is 0.453 e. The fraction of sp³-hybridized carbons (Fsp3) is 0.241. The summed E-state index contributed by atoms with van der Waals surface area (Å²) in [5.74, 6) is -2.82. The molecule has 4 rings (SSSR count). The zero-order chi connectivity index (χ0) is 27.6. The second-order valence-corrected chi connectivity index (χ2v) is 9.19. The van der Waals surface area contributed by atoms with Gasteiger partial charge in [0.2, 0.25) is 11.2 Å². The maximum atomic E-state index is 13.9. The number of halogens is 3. The molecular formula is C29H26F3NO5. The number of alkyl halides is 3. The number of carbonyl (C=O) groups is 1. The maximum Gasteiger partial charge on any atom is 0.453 e. The number of aryl methyl sites for hydroxylation is 2. The third-order valence-electron chi connectivity index (χ3n) is 5.87. The molecule has 1 aromatic heterocycles. The Morgan fingerprint density at radius 2 is 1.76 bits per heavy atom. The number of anilines is 1. The molecule has 9 heteroatoms. The number of nitrogens with one attached hydrogen (secondary N) is 1. The van der Waals surface area contributed by atoms with Crippen LogP contribution in [0, 0.1) is 13.8 Å². The lowest BCUT2D eigenvalue weighted by Gasteiger charge is -2.16. The number of hydrogen-bond acceptors (Lipinski definition) is 5. The molecule has 0 aliphatic carbocycles. The van der Waals surface area contributed by atoms with Crippen molar-refractivity contribution in [2.45, 2.75) is 39.8 Å². The number of rotatable bonds is 7. The summed E-state index contributed by atoms with van der Waals surface area (Å²) in [6.45, 7) is 7.06. The van der Waals surface area contributed by atoms with E-state index in [1.54, 1.807) is 18.2 Å². The minimum absolute atomic E-state index is 0.0558. The molecule has 1 amide bonds. The number of amides is 1. The molecule has 0 fully saturated rings. The van der Waals surface area contributed by atoms with Gasteiger partial charge in [0, 0.05) is 11.8 Å². The Hall–Kier alpha value is -4.27. The molecule has 0 aliphatic heterocycles. The summed E-state index contributed by atoms with van der Waals surface area (Å²) in [4.78, 5) is 25.5. The van der Waals surface area contributed by atoms with Gasteiger partial charge in [-0.2, -0.15) is 13.2 Å². The molecule has 0 atom stereocenters. The highest BCUT2D eigenvalue weighted by Gasteiger charge is 2.40. The van der Waals surface area contributed by atoms with Gasteiger partial charge in [0.05, 0.1) is 5.39 Å². The van der Waals surface area contributed by atoms with Crippen LogP contribution in [0.15, 0.2) is 69.9 Å². The van der Waals surface area contributed by atoms with Crippen LogP contribution in [0.5, 0.6) is 17.2 Å². The van der Waals surface area contributed by atoms with Crippen molar-refractivity contribution in [3.8, 4) is 17.2 Å². The van der Waals surface area contributed by atoms with Crippen molar-refractivity contribution >= 4 is 22.6 Å². The van der Waals surface area contributed by atoms with E-state index in [0.717, 1.165) is 17.2 Å². The summed E-state index contributed by atoms with van der Waals surface area (Å²) in [6, 6.07) is 16.0. The Balaban J connectivity index is 1.63. The average Bonchev–Trinajstić information content (AvgIpc) is 2.86. The van der Waals surface area contributed by atoms with E-state index in [9.17, 15) is 22.8 Å². The van der Waals surface area contributed by atoms with Gasteiger partial charge in [0.15, 0.2) is 6.61 Å². The molecule has 0 saturated heterocycles. The van der Waals surface area contributed by atoms with Crippen molar-refractivity contribution in [1.29, 1.82) is 0 Å². The number of carbonyl (C=O) groups excluding carboxylic acids is 1. The van der Waals surface area contributed by atoms with E-state index in [1.807, 2.05) is 45.9 Å². The topological polar surface area (TPSA) is 77.8 Å². The van der Waals surface area contributed by atoms with Crippen LogP contribution in [0.3, 0.4) is 0 Å². The van der Waals surface area contributed by atoms with Gasteiger partial charge in [-0.15, -0.1) is 0 Å². The Bertz CT molecular complexity index is 1560. The van der Waals surface area contributed by atoms with Gasteiger partial charge in [-0.05, 0) is 60.7 Å². The number of benzene rings is 3. The zero-order valence-corrected chi connectivity index (χ0v) is 21.2. The van der Waals surface area contributed by atoms with Crippen LogP contribution in [-0.4, -0.2) is 12.5 Å². The second-order valence-electron chi connectivity index (χ2n) is 9.19. The summed E-state index contributed by atoms with van der Waals surface area (Å²) in [7, 11) is 0. The molecule has 0 saturated carbocycles. The van der Waals surface area contributed by atoms with Crippen LogP contribution in [0.1, 0.15) is 42.2 Å². The standard InChI is InChI=1S/C29H26F3NO5/c1-16(2)20-7-5-6-8-23(20)37-27-26(35)21-12-11-19(14-24(21)38-28(27)29(30,31)32)36-15-25(34)33-22-13-17(3)9-10-18(22)4/h5-14,16H,15H2,1-4H3,(H,33,34). The van der Waals surface area contributed by atoms with Crippen molar-refractivity contribution < 1.29 is 31.9 Å². The first kappa shape index (κ1) is 26.8. The number of ether oxygens (including phenoxy) is 2. The monoisotopic (exact) mass is 525 g/mol. The third kappa shape index (κ3) is 5.82. The second kappa shape index (κ2) is 10.6. The van der Waals surface area contributed by atoms with Crippen LogP contribution >= 0.6 is 0 Å². The molecule has 198 valence electrons. The highest BCUT2D eigenvalue weighted by Crippen LogP contribution is 2.40. The molecule has 4 aromatic rings. The summed E-state index contributed by atoms with van der Waals surface area (Å²) in [5.41, 5.74) is 1.78. The van der Waals surface area contributed by atoms with Crippen molar-refractivity contribution in [1.82, 2.24) is 0 Å². The van der Waals surface area contributed by atoms with Gasteiger partial charge < -0.3 is 19.2 Å². The van der Waals surface area contributed by atoms with Crippen molar-refractivity contribution in [3.05, 3.63) is 93.3 Å². The van der Waals surface area contributed by atoms with Gasteiger partial charge >= 0.3 is 6.18 Å². The largest absolute Gasteiger partial charge is 0.484 e. The fourth-order valence-corrected chi connectivity index (χ4v) is 3.89. The summed E-state index contributed by atoms with van der Waals surface area (Å²) in [5, 5.41) is 2.61. The Labute approximate surface area is 217 Å². The summed E-state index contributed by atoms with van der Waals surface area (Å²) >= 11 is 0. The van der Waals surface area contributed by atoms with Crippen molar-refractivity contribution in [2.75, 3.05) is 11.9 Å². The van der Waals surface area contributed by atoms with Crippen LogP contribution in [-0.2, 0) is 11.0 Å². The molecule has 6 nitrogen and oxygen atoms in total. The van der Waals surface area contributed by atoms with E-state index in [2.05, 4.69) is 5.32 Å². The minimum Gasteiger partial charge on any atom is -0.484 e. The fourth-order valence-electron chi connectivity index (χ4n) is 3.89. The predicted octanol–water partition coefficient (Wildman–Crippen LogP) is 7.36.